The third-order valence-electron chi connectivity index (χ3n) is 4.53. The average Bonchev–Trinajstić information content (AvgIpc) is 3.41. The Bertz CT molecular complexity index is 1180. The van der Waals surface area contributed by atoms with E-state index in [4.69, 9.17) is 4.52 Å². The number of benzene rings is 1. The molecule has 0 aliphatic rings. The fraction of sp³-hybridized carbons (Fsp3) is 0.190. The molecule has 0 saturated heterocycles. The van der Waals surface area contributed by atoms with Crippen LogP contribution in [0.3, 0.4) is 0 Å². The van der Waals surface area contributed by atoms with Crippen LogP contribution < -0.4 is 10.6 Å². The number of carbonyl (C=O) groups excluding carboxylic acids is 2. The molecule has 0 aliphatic carbocycles. The Labute approximate surface area is 172 Å². The van der Waals surface area contributed by atoms with Crippen LogP contribution in [-0.4, -0.2) is 31.7 Å². The van der Waals surface area contributed by atoms with Crippen molar-refractivity contribution in [3.8, 4) is 0 Å². The minimum Gasteiger partial charge on any atom is -0.348 e. The fourth-order valence-corrected chi connectivity index (χ4v) is 3.04. The number of nitrogens with one attached hydrogen (secondary N) is 2. The zero-order valence-corrected chi connectivity index (χ0v) is 16.3. The molecule has 1 aromatic carbocycles. The smallest absolute Gasteiger partial charge is 0.257 e. The molecule has 0 atom stereocenters. The molecule has 0 saturated carbocycles. The van der Waals surface area contributed by atoms with Gasteiger partial charge in [0.05, 0.1) is 16.6 Å². The fourth-order valence-electron chi connectivity index (χ4n) is 3.04. The molecule has 0 unspecified atom stereocenters. The van der Waals surface area contributed by atoms with Crippen molar-refractivity contribution in [2.75, 3.05) is 5.32 Å². The van der Waals surface area contributed by atoms with Crippen molar-refractivity contribution < 1.29 is 14.1 Å². The predicted octanol–water partition coefficient (Wildman–Crippen LogP) is 2.55. The number of rotatable bonds is 7. The van der Waals surface area contributed by atoms with Crippen molar-refractivity contribution >= 4 is 28.6 Å². The first kappa shape index (κ1) is 19.3. The van der Waals surface area contributed by atoms with Crippen molar-refractivity contribution in [1.82, 2.24) is 25.2 Å². The Kier molecular flexibility index (Phi) is 5.51. The molecule has 2 amide bonds. The van der Waals surface area contributed by atoms with Gasteiger partial charge in [-0.3, -0.25) is 14.3 Å². The van der Waals surface area contributed by atoms with Crippen LogP contribution in [0, 0.1) is 0 Å². The van der Waals surface area contributed by atoms with Gasteiger partial charge in [0.2, 0.25) is 5.91 Å². The second kappa shape index (κ2) is 8.56. The average molecular weight is 404 g/mol. The van der Waals surface area contributed by atoms with Crippen LogP contribution in [0.4, 0.5) is 5.69 Å². The minimum absolute atomic E-state index is 0.131. The lowest BCUT2D eigenvalue weighted by Gasteiger charge is -2.09. The molecule has 9 nitrogen and oxygen atoms in total. The van der Waals surface area contributed by atoms with Crippen LogP contribution in [0.25, 0.3) is 11.1 Å². The van der Waals surface area contributed by atoms with Crippen molar-refractivity contribution in [2.45, 2.75) is 26.4 Å². The number of aromatic nitrogens is 4. The molecule has 30 heavy (non-hydrogen) atoms. The van der Waals surface area contributed by atoms with Crippen LogP contribution in [0.1, 0.15) is 28.5 Å². The Morgan fingerprint density at radius 1 is 1.20 bits per heavy atom. The topological polar surface area (TPSA) is 115 Å². The summed E-state index contributed by atoms with van der Waals surface area (Å²) in [6.07, 6.45) is 5.50. The van der Waals surface area contributed by atoms with Crippen molar-refractivity contribution in [3.63, 3.8) is 0 Å². The Morgan fingerprint density at radius 3 is 2.90 bits per heavy atom. The van der Waals surface area contributed by atoms with Gasteiger partial charge in [0.25, 0.3) is 11.6 Å². The van der Waals surface area contributed by atoms with E-state index < -0.39 is 0 Å². The number of anilines is 1. The van der Waals surface area contributed by atoms with Crippen LogP contribution in [0.15, 0.2) is 59.5 Å². The second-order valence-corrected chi connectivity index (χ2v) is 6.69. The minimum atomic E-state index is -0.249. The first-order chi connectivity index (χ1) is 14.6. The third-order valence-corrected chi connectivity index (χ3v) is 4.53. The van der Waals surface area contributed by atoms with Gasteiger partial charge in [0, 0.05) is 30.8 Å². The van der Waals surface area contributed by atoms with Gasteiger partial charge in [0.15, 0.2) is 0 Å². The van der Waals surface area contributed by atoms with E-state index in [9.17, 15) is 9.59 Å². The van der Waals surface area contributed by atoms with Gasteiger partial charge in [-0.1, -0.05) is 24.2 Å². The quantitative estimate of drug-likeness (QED) is 0.489. The van der Waals surface area contributed by atoms with E-state index in [1.807, 2.05) is 25.1 Å². The van der Waals surface area contributed by atoms with Gasteiger partial charge in [0.1, 0.15) is 6.54 Å². The van der Waals surface area contributed by atoms with Crippen LogP contribution in [0.5, 0.6) is 0 Å². The van der Waals surface area contributed by atoms with E-state index in [-0.39, 0.29) is 18.4 Å². The Balaban J connectivity index is 1.38. The molecule has 2 N–H and O–H groups in total. The molecule has 0 radical (unpaired) electrons. The number of aryl methyl sites for hydroxylation is 1. The maximum atomic E-state index is 12.5. The number of amides is 2. The molecule has 0 aliphatic heterocycles. The molecular weight excluding hydrogens is 384 g/mol. The van der Waals surface area contributed by atoms with Crippen LogP contribution >= 0.6 is 0 Å². The first-order valence-corrected chi connectivity index (χ1v) is 9.51. The predicted molar refractivity (Wildman–Crippen MR) is 110 cm³/mol. The second-order valence-electron chi connectivity index (χ2n) is 6.69. The number of hydrogen-bond donors (Lipinski definition) is 2. The SMILES string of the molecule is CCc1noc2ncc(C(=O)NCc3cccc(NC(=O)Cn4cccn4)c3)cc12. The van der Waals surface area contributed by atoms with Crippen molar-refractivity contribution in [1.29, 1.82) is 0 Å². The van der Waals surface area contributed by atoms with Gasteiger partial charge < -0.3 is 15.2 Å². The van der Waals surface area contributed by atoms with Crippen LogP contribution in [-0.2, 0) is 24.3 Å². The van der Waals surface area contributed by atoms with E-state index in [0.29, 0.717) is 29.9 Å². The Morgan fingerprint density at radius 2 is 2.10 bits per heavy atom. The third kappa shape index (κ3) is 4.35. The summed E-state index contributed by atoms with van der Waals surface area (Å²) in [6.45, 7) is 2.40. The highest BCUT2D eigenvalue weighted by Crippen LogP contribution is 2.18. The normalized spacial score (nSPS) is 10.8. The van der Waals surface area contributed by atoms with E-state index in [2.05, 4.69) is 25.9 Å². The van der Waals surface area contributed by atoms with Gasteiger partial charge in [-0.05, 0) is 36.2 Å². The maximum Gasteiger partial charge on any atom is 0.257 e. The molecule has 0 fully saturated rings. The van der Waals surface area contributed by atoms with Crippen LogP contribution in [0.2, 0.25) is 0 Å². The number of fused-ring (bicyclic) bond motifs is 1. The lowest BCUT2D eigenvalue weighted by atomic mass is 10.1. The summed E-state index contributed by atoms with van der Waals surface area (Å²) in [5.41, 5.74) is 3.13. The number of nitrogens with zero attached hydrogens (tertiary/aromatic N) is 4. The van der Waals surface area contributed by atoms with Gasteiger partial charge >= 0.3 is 0 Å². The highest BCUT2D eigenvalue weighted by Gasteiger charge is 2.13. The molecular formula is C21H20N6O3. The molecule has 3 heterocycles. The molecule has 152 valence electrons. The zero-order chi connectivity index (χ0) is 20.9. The summed E-state index contributed by atoms with van der Waals surface area (Å²) in [5.74, 6) is -0.430. The van der Waals surface area contributed by atoms with E-state index in [1.165, 1.54) is 6.20 Å². The number of pyridine rings is 1. The largest absolute Gasteiger partial charge is 0.348 e. The number of hydrogen-bond acceptors (Lipinski definition) is 6. The summed E-state index contributed by atoms with van der Waals surface area (Å²) in [4.78, 5) is 28.8. The number of carbonyl (C=O) groups is 2. The molecule has 9 heteroatoms. The van der Waals surface area contributed by atoms with E-state index >= 15 is 0 Å². The molecule has 0 bridgehead atoms. The molecule has 3 aromatic heterocycles. The highest BCUT2D eigenvalue weighted by molar-refractivity contribution is 5.97. The monoisotopic (exact) mass is 404 g/mol. The van der Waals surface area contributed by atoms with Gasteiger partial charge in [-0.25, -0.2) is 4.98 Å². The van der Waals surface area contributed by atoms with E-state index in [0.717, 1.165) is 16.6 Å². The summed E-state index contributed by atoms with van der Waals surface area (Å²) >= 11 is 0. The molecule has 0 spiro atoms. The van der Waals surface area contributed by atoms with Crippen molar-refractivity contribution in [2.24, 2.45) is 0 Å². The highest BCUT2D eigenvalue weighted by atomic mass is 16.5. The maximum absolute atomic E-state index is 12.5. The van der Waals surface area contributed by atoms with Gasteiger partial charge in [-0.15, -0.1) is 0 Å². The molecule has 4 aromatic rings. The summed E-state index contributed by atoms with van der Waals surface area (Å²) in [5, 5.41) is 14.4. The summed E-state index contributed by atoms with van der Waals surface area (Å²) < 4.78 is 6.69. The zero-order valence-electron chi connectivity index (χ0n) is 16.3. The van der Waals surface area contributed by atoms with E-state index in [1.54, 1.807) is 35.3 Å². The summed E-state index contributed by atoms with van der Waals surface area (Å²) in [7, 11) is 0. The van der Waals surface area contributed by atoms with Gasteiger partial charge in [-0.2, -0.15) is 5.10 Å². The first-order valence-electron chi connectivity index (χ1n) is 9.51. The van der Waals surface area contributed by atoms with Crippen molar-refractivity contribution in [3.05, 3.63) is 71.8 Å². The Hall–Kier alpha value is -4.01. The lowest BCUT2D eigenvalue weighted by molar-refractivity contribution is -0.116. The summed E-state index contributed by atoms with van der Waals surface area (Å²) in [6, 6.07) is 10.8. The molecule has 4 rings (SSSR count). The standard InChI is InChI=1S/C21H20N6O3/c1-2-18-17-10-15(12-23-21(17)30-26-18)20(29)22-11-14-5-3-6-16(9-14)25-19(28)13-27-8-4-7-24-27/h3-10,12H,2,11,13H2,1H3,(H,22,29)(H,25,28). The lowest BCUT2D eigenvalue weighted by Crippen LogP contribution is -2.23.